The largest absolute Gasteiger partial charge is 0.455 e. The number of nitrogens with zero attached hydrogens (tertiary/aromatic N) is 2. The summed E-state index contributed by atoms with van der Waals surface area (Å²) in [5.74, 6) is -4.01. The minimum Gasteiger partial charge on any atom is -0.455 e. The number of allylic oxidation sites excluding steroid dienone is 1. The van der Waals surface area contributed by atoms with Gasteiger partial charge in [-0.3, -0.25) is 19.2 Å². The molecule has 0 saturated carbocycles. The van der Waals surface area contributed by atoms with E-state index in [1.54, 1.807) is 11.0 Å². The van der Waals surface area contributed by atoms with E-state index in [4.69, 9.17) is 14.2 Å². The van der Waals surface area contributed by atoms with Gasteiger partial charge in [-0.15, -0.1) is 0 Å². The Balaban J connectivity index is 1.38. The fraction of sp³-hybridized carbons (Fsp3) is 0.429. The molecule has 0 aliphatic carbocycles. The fourth-order valence-electron chi connectivity index (χ4n) is 8.64. The third-order valence-corrected chi connectivity index (χ3v) is 11.6. The van der Waals surface area contributed by atoms with E-state index in [0.717, 1.165) is 10.8 Å². The van der Waals surface area contributed by atoms with Crippen molar-refractivity contribution >= 4 is 56.1 Å². The number of hydrogen-bond acceptors (Lipinski definition) is 8. The summed E-state index contributed by atoms with van der Waals surface area (Å²) in [5, 5.41) is 15.8. The molecule has 1 spiro atoms. The summed E-state index contributed by atoms with van der Waals surface area (Å²) in [6, 6.07) is 20.0. The number of methoxy groups -OCH3 is 1. The highest BCUT2D eigenvalue weighted by atomic mass is 79.9. The molecule has 2 saturated heterocycles. The molecule has 12 heteroatoms. The Morgan fingerprint density at radius 2 is 1.70 bits per heavy atom. The van der Waals surface area contributed by atoms with E-state index in [1.165, 1.54) is 12.0 Å². The second-order valence-corrected chi connectivity index (χ2v) is 15.8. The average Bonchev–Trinajstić information content (AvgIpc) is 3.76. The van der Waals surface area contributed by atoms with Gasteiger partial charge in [0.05, 0.1) is 31.2 Å². The Morgan fingerprint density at radius 1 is 0.963 bits per heavy atom. The number of nitrogens with one attached hydrogen (secondary N) is 1. The number of halogens is 1. The van der Waals surface area contributed by atoms with E-state index in [-0.39, 0.29) is 38.0 Å². The third-order valence-electron chi connectivity index (χ3n) is 11.0. The Morgan fingerprint density at radius 3 is 2.43 bits per heavy atom. The minimum absolute atomic E-state index is 0.0490. The molecule has 2 N–H and O–H groups in total. The van der Waals surface area contributed by atoms with Crippen LogP contribution in [0.3, 0.4) is 0 Å². The summed E-state index contributed by atoms with van der Waals surface area (Å²) in [6.07, 6.45) is 4.55. The number of likely N-dealkylation sites (tertiary alicyclic amines) is 1. The van der Waals surface area contributed by atoms with Crippen molar-refractivity contribution in [1.82, 2.24) is 10.2 Å². The van der Waals surface area contributed by atoms with Crippen molar-refractivity contribution in [2.75, 3.05) is 31.8 Å². The molecule has 5 bridgehead atoms. The highest BCUT2D eigenvalue weighted by Gasteiger charge is 2.75. The molecule has 0 aromatic heterocycles. The lowest BCUT2D eigenvalue weighted by Crippen LogP contribution is -2.59. The summed E-state index contributed by atoms with van der Waals surface area (Å²) in [4.78, 5) is 61.6. The average molecular weight is 801 g/mol. The molecular weight excluding hydrogens is 754 g/mol. The molecule has 11 nitrogen and oxygen atoms in total. The zero-order chi connectivity index (χ0) is 38.1. The number of rotatable bonds is 8. The minimum atomic E-state index is -1.54. The van der Waals surface area contributed by atoms with Crippen molar-refractivity contribution in [2.24, 2.45) is 17.8 Å². The van der Waals surface area contributed by atoms with Gasteiger partial charge in [-0.05, 0) is 53.3 Å². The third kappa shape index (κ3) is 6.89. The number of amides is 3. The molecule has 7 rings (SSSR count). The van der Waals surface area contributed by atoms with Gasteiger partial charge in [-0.2, -0.15) is 0 Å². The van der Waals surface area contributed by atoms with Gasteiger partial charge in [0.1, 0.15) is 29.8 Å². The van der Waals surface area contributed by atoms with Crippen LogP contribution in [0, 0.1) is 17.8 Å². The van der Waals surface area contributed by atoms with Gasteiger partial charge in [0.2, 0.25) is 11.8 Å². The Hall–Kier alpha value is -4.36. The molecule has 3 aromatic rings. The van der Waals surface area contributed by atoms with Gasteiger partial charge < -0.3 is 34.4 Å². The van der Waals surface area contributed by atoms with Gasteiger partial charge in [0.25, 0.3) is 5.91 Å². The summed E-state index contributed by atoms with van der Waals surface area (Å²) >= 11 is 3.64. The van der Waals surface area contributed by atoms with Crippen LogP contribution in [0.25, 0.3) is 10.8 Å². The molecule has 4 aliphatic heterocycles. The number of ether oxygens (including phenoxy) is 3. The van der Waals surface area contributed by atoms with Crippen molar-refractivity contribution in [3.05, 3.63) is 101 Å². The molecule has 0 unspecified atom stereocenters. The SMILES string of the molecule is COC[C@H]1NC(=O)CC/C=C\CN(c2ccc3ccccc3c2)C(=O)[C@@H]2N([C@@H](CO)CC(C)C)C(=O)[C@H]3[C@H](C(=O)O[C@@H]1c1ccccc1)[C@H]1O[C@@]23C=C1Br. The molecule has 4 aliphatic rings. The van der Waals surface area contributed by atoms with E-state index in [9.17, 15) is 14.7 Å². The molecule has 0 radical (unpaired) electrons. The van der Waals surface area contributed by atoms with Gasteiger partial charge in [0.15, 0.2) is 0 Å². The summed E-state index contributed by atoms with van der Waals surface area (Å²) in [5.41, 5.74) is -0.300. The summed E-state index contributed by atoms with van der Waals surface area (Å²) < 4.78 is 19.2. The Bertz CT molecular complexity index is 1970. The number of anilines is 1. The normalized spacial score (nSPS) is 30.0. The van der Waals surface area contributed by atoms with Gasteiger partial charge in [-0.1, -0.05) is 103 Å². The van der Waals surface area contributed by atoms with E-state index in [2.05, 4.69) is 21.2 Å². The van der Waals surface area contributed by atoms with E-state index in [1.807, 2.05) is 98.8 Å². The standard InChI is InChI=1S/C42H46BrN3O8/c1-25(2)20-30(23-47)46-38-40(50)45(29-18-17-26-12-9-10-15-28(26)21-29)19-11-5-8-16-33(48)44-32(24-52-3)36(27-13-6-4-7-14-27)53-41(51)34-35(39(46)49)42(38)22-31(43)37(34)54-42/h4-7,9-15,17-18,21-22,25,30,32,34-38,47H,8,16,19-20,23-24H2,1-3H3,(H,44,48)/b11-5-/t30-,32-,34+,35-,36-,37+,38+,42-/m1/s1. The Labute approximate surface area is 323 Å². The molecular formula is C42H46BrN3O8. The number of fused-ring (bicyclic) bond motifs is 3. The number of hydrogen-bond donors (Lipinski definition) is 2. The monoisotopic (exact) mass is 799 g/mol. The van der Waals surface area contributed by atoms with E-state index < -0.39 is 65.6 Å². The van der Waals surface area contributed by atoms with Gasteiger partial charge in [0, 0.05) is 30.2 Å². The number of carbonyl (C=O) groups excluding carboxylic acids is 4. The topological polar surface area (TPSA) is 135 Å². The lowest BCUT2D eigenvalue weighted by atomic mass is 9.74. The first-order valence-electron chi connectivity index (χ1n) is 18.6. The molecule has 2 fully saturated rings. The van der Waals surface area contributed by atoms with Crippen molar-refractivity contribution < 1.29 is 38.5 Å². The van der Waals surface area contributed by atoms with Crippen molar-refractivity contribution in [2.45, 2.75) is 69.0 Å². The first-order chi connectivity index (χ1) is 26.1. The number of cyclic esters (lactones) is 1. The van der Waals surface area contributed by atoms with E-state index >= 15 is 9.59 Å². The summed E-state index contributed by atoms with van der Waals surface area (Å²) in [6.45, 7) is 3.78. The number of carbonyl (C=O) groups is 4. The zero-order valence-corrected chi connectivity index (χ0v) is 32.2. The molecule has 4 heterocycles. The maximum absolute atomic E-state index is 15.4. The summed E-state index contributed by atoms with van der Waals surface area (Å²) in [7, 11) is 1.51. The molecule has 284 valence electrons. The first kappa shape index (κ1) is 37.9. The molecule has 8 atom stereocenters. The highest BCUT2D eigenvalue weighted by molar-refractivity contribution is 9.11. The first-order valence-corrected chi connectivity index (χ1v) is 19.3. The van der Waals surface area contributed by atoms with Crippen LogP contribution < -0.4 is 10.2 Å². The fourth-order valence-corrected chi connectivity index (χ4v) is 9.37. The van der Waals surface area contributed by atoms with Crippen LogP contribution in [-0.2, 0) is 33.4 Å². The number of aliphatic hydroxyl groups is 1. The number of benzene rings is 3. The predicted octanol–water partition coefficient (Wildman–Crippen LogP) is 5.22. The predicted molar refractivity (Wildman–Crippen MR) is 206 cm³/mol. The van der Waals surface area contributed by atoms with E-state index in [0.29, 0.717) is 28.6 Å². The molecule has 3 amide bonds. The van der Waals surface area contributed by atoms with Crippen LogP contribution in [0.5, 0.6) is 0 Å². The van der Waals surface area contributed by atoms with Crippen LogP contribution in [0.2, 0.25) is 0 Å². The van der Waals surface area contributed by atoms with Gasteiger partial charge >= 0.3 is 5.97 Å². The van der Waals surface area contributed by atoms with Crippen LogP contribution >= 0.6 is 15.9 Å². The molecule has 3 aromatic carbocycles. The maximum atomic E-state index is 15.4. The smallest absolute Gasteiger partial charge is 0.313 e. The van der Waals surface area contributed by atoms with Crippen molar-refractivity contribution in [3.63, 3.8) is 0 Å². The zero-order valence-electron chi connectivity index (χ0n) is 30.6. The lowest BCUT2D eigenvalue weighted by Gasteiger charge is -2.39. The van der Waals surface area contributed by atoms with Crippen LogP contribution in [0.4, 0.5) is 5.69 Å². The number of esters is 1. The van der Waals surface area contributed by atoms with Crippen LogP contribution in [0.1, 0.15) is 44.8 Å². The second kappa shape index (κ2) is 15.8. The Kier molecular flexibility index (Phi) is 11.1. The molecule has 54 heavy (non-hydrogen) atoms. The van der Waals surface area contributed by atoms with Crippen LogP contribution in [-0.4, -0.2) is 90.4 Å². The van der Waals surface area contributed by atoms with Crippen molar-refractivity contribution in [1.29, 1.82) is 0 Å². The van der Waals surface area contributed by atoms with Crippen LogP contribution in [0.15, 0.2) is 95.5 Å². The second-order valence-electron chi connectivity index (χ2n) is 14.9. The van der Waals surface area contributed by atoms with Gasteiger partial charge in [-0.25, -0.2) is 0 Å². The lowest BCUT2D eigenvalue weighted by molar-refractivity contribution is -0.162. The highest BCUT2D eigenvalue weighted by Crippen LogP contribution is 2.59. The quantitative estimate of drug-likeness (QED) is 0.234. The maximum Gasteiger partial charge on any atom is 0.313 e. The van der Waals surface area contributed by atoms with Crippen molar-refractivity contribution in [3.8, 4) is 0 Å². The number of aliphatic hydroxyl groups excluding tert-OH is 1.